The second-order valence-corrected chi connectivity index (χ2v) is 7.15. The van der Waals surface area contributed by atoms with Crippen molar-refractivity contribution in [3.8, 4) is 0 Å². The molecule has 152 valence electrons. The number of carbonyl (C=O) groups excluding carboxylic acids is 3. The topological polar surface area (TPSA) is 103 Å². The van der Waals surface area contributed by atoms with E-state index in [4.69, 9.17) is 0 Å². The van der Waals surface area contributed by atoms with Gasteiger partial charge in [0.25, 0.3) is 0 Å². The summed E-state index contributed by atoms with van der Waals surface area (Å²) in [6, 6.07) is 9.76. The first-order valence-electron chi connectivity index (χ1n) is 9.59. The maximum absolute atomic E-state index is 13.1. The molecule has 0 saturated carbocycles. The van der Waals surface area contributed by atoms with E-state index in [0.29, 0.717) is 18.1 Å². The molecule has 0 spiro atoms. The second kappa shape index (κ2) is 8.72. The number of nitrogens with one attached hydrogen (secondary N) is 3. The van der Waals surface area contributed by atoms with Gasteiger partial charge in [-0.2, -0.15) is 0 Å². The van der Waals surface area contributed by atoms with Gasteiger partial charge in [-0.05, 0) is 29.7 Å². The lowest BCUT2D eigenvalue weighted by molar-refractivity contribution is -0.121. The van der Waals surface area contributed by atoms with Gasteiger partial charge >= 0.3 is 6.03 Å². The summed E-state index contributed by atoms with van der Waals surface area (Å²) in [4.78, 5) is 42.8. The van der Waals surface area contributed by atoms with Crippen molar-refractivity contribution in [3.05, 3.63) is 48.2 Å². The summed E-state index contributed by atoms with van der Waals surface area (Å²) in [6.45, 7) is 5.67. The Morgan fingerprint density at radius 1 is 1.24 bits per heavy atom. The summed E-state index contributed by atoms with van der Waals surface area (Å²) < 4.78 is 0. The van der Waals surface area contributed by atoms with E-state index < -0.39 is 6.04 Å². The summed E-state index contributed by atoms with van der Waals surface area (Å²) in [5, 5.41) is 8.34. The van der Waals surface area contributed by atoms with Crippen LogP contribution in [0.1, 0.15) is 32.8 Å². The molecule has 0 bridgehead atoms. The van der Waals surface area contributed by atoms with Gasteiger partial charge in [0.15, 0.2) is 0 Å². The van der Waals surface area contributed by atoms with E-state index in [-0.39, 0.29) is 23.8 Å². The molecule has 2 aromatic rings. The highest BCUT2D eigenvalue weighted by molar-refractivity contribution is 6.01. The molecule has 1 aromatic heterocycles. The van der Waals surface area contributed by atoms with Gasteiger partial charge in [-0.25, -0.2) is 9.78 Å². The van der Waals surface area contributed by atoms with E-state index in [1.54, 1.807) is 17.0 Å². The lowest BCUT2D eigenvalue weighted by atomic mass is 9.97. The highest BCUT2D eigenvalue weighted by Gasteiger charge is 2.36. The summed E-state index contributed by atoms with van der Waals surface area (Å²) >= 11 is 0. The van der Waals surface area contributed by atoms with E-state index in [1.165, 1.54) is 13.1 Å². The number of carbonyl (C=O) groups is 3. The number of amides is 4. The lowest BCUT2D eigenvalue weighted by Crippen LogP contribution is -2.50. The zero-order valence-electron chi connectivity index (χ0n) is 16.7. The van der Waals surface area contributed by atoms with Crippen molar-refractivity contribution in [1.29, 1.82) is 0 Å². The van der Waals surface area contributed by atoms with Crippen LogP contribution in [0.15, 0.2) is 42.6 Å². The molecule has 4 amide bonds. The van der Waals surface area contributed by atoms with E-state index in [2.05, 4.69) is 20.9 Å². The number of para-hydroxylation sites is 1. The average molecular weight is 395 g/mol. The largest absolute Gasteiger partial charge is 0.324 e. The second-order valence-electron chi connectivity index (χ2n) is 7.15. The number of rotatable bonds is 4. The van der Waals surface area contributed by atoms with Gasteiger partial charge in [-0.3, -0.25) is 9.59 Å². The maximum atomic E-state index is 13.1. The number of aromatic nitrogens is 1. The highest BCUT2D eigenvalue weighted by Crippen LogP contribution is 2.27. The van der Waals surface area contributed by atoms with E-state index >= 15 is 0 Å². The Kier molecular flexibility index (Phi) is 6.11. The Balaban J connectivity index is 1.85. The molecule has 2 heterocycles. The number of benzene rings is 1. The minimum atomic E-state index is -0.598. The fraction of sp³-hybridized carbons (Fsp3) is 0.333. The fourth-order valence-corrected chi connectivity index (χ4v) is 3.31. The molecule has 3 rings (SSSR count). The first kappa shape index (κ1) is 20.3. The Bertz CT molecular complexity index is 913. The molecule has 0 fully saturated rings. The van der Waals surface area contributed by atoms with Crippen LogP contribution in [0.2, 0.25) is 0 Å². The van der Waals surface area contributed by atoms with Crippen LogP contribution in [0.4, 0.5) is 22.0 Å². The average Bonchev–Trinajstić information content (AvgIpc) is 2.84. The molecule has 3 N–H and O–H groups in total. The van der Waals surface area contributed by atoms with Gasteiger partial charge < -0.3 is 20.9 Å². The minimum absolute atomic E-state index is 0.0182. The minimum Gasteiger partial charge on any atom is -0.324 e. The fourth-order valence-electron chi connectivity index (χ4n) is 3.31. The van der Waals surface area contributed by atoms with Gasteiger partial charge in [0.05, 0.1) is 18.4 Å². The molecule has 0 radical (unpaired) electrons. The molecule has 0 saturated heterocycles. The molecular formula is C21H25N5O3. The van der Waals surface area contributed by atoms with Crippen molar-refractivity contribution >= 4 is 35.0 Å². The number of hydrogen-bond acceptors (Lipinski definition) is 4. The van der Waals surface area contributed by atoms with Crippen LogP contribution < -0.4 is 16.0 Å². The first-order valence-corrected chi connectivity index (χ1v) is 9.59. The Hall–Kier alpha value is -3.42. The van der Waals surface area contributed by atoms with Gasteiger partial charge in [0, 0.05) is 12.6 Å². The zero-order chi connectivity index (χ0) is 21.0. The summed E-state index contributed by atoms with van der Waals surface area (Å²) in [5.41, 5.74) is 2.08. The van der Waals surface area contributed by atoms with Gasteiger partial charge in [0.2, 0.25) is 11.8 Å². The molecular weight excluding hydrogens is 370 g/mol. The molecule has 1 aromatic carbocycles. The SMILES string of the molecule is CCC(C)C1C(=O)Nc2ccccc2CN1C(=O)Nc1ccc(NC(C)=O)nc1. The van der Waals surface area contributed by atoms with Crippen molar-refractivity contribution in [2.45, 2.75) is 39.8 Å². The normalized spacial score (nSPS) is 16.9. The third-order valence-corrected chi connectivity index (χ3v) is 4.98. The third kappa shape index (κ3) is 4.71. The number of fused-ring (bicyclic) bond motifs is 1. The van der Waals surface area contributed by atoms with Crippen molar-refractivity contribution in [1.82, 2.24) is 9.88 Å². The van der Waals surface area contributed by atoms with Crippen LogP contribution >= 0.6 is 0 Å². The molecule has 0 aliphatic carbocycles. The Morgan fingerprint density at radius 3 is 2.66 bits per heavy atom. The molecule has 1 aliphatic heterocycles. The number of hydrogen-bond donors (Lipinski definition) is 3. The molecule has 29 heavy (non-hydrogen) atoms. The third-order valence-electron chi connectivity index (χ3n) is 4.98. The Morgan fingerprint density at radius 2 is 2.00 bits per heavy atom. The maximum Gasteiger partial charge on any atom is 0.322 e. The van der Waals surface area contributed by atoms with Crippen LogP contribution in [0.5, 0.6) is 0 Å². The van der Waals surface area contributed by atoms with Crippen molar-refractivity contribution in [2.75, 3.05) is 16.0 Å². The van der Waals surface area contributed by atoms with E-state index in [1.807, 2.05) is 38.1 Å². The van der Waals surface area contributed by atoms with Crippen molar-refractivity contribution in [2.24, 2.45) is 5.92 Å². The summed E-state index contributed by atoms with van der Waals surface area (Å²) in [6.07, 6.45) is 2.22. The van der Waals surface area contributed by atoms with Crippen LogP contribution in [0.25, 0.3) is 0 Å². The van der Waals surface area contributed by atoms with Gasteiger partial charge in [0.1, 0.15) is 11.9 Å². The molecule has 8 heteroatoms. The number of urea groups is 1. The zero-order valence-corrected chi connectivity index (χ0v) is 16.7. The van der Waals surface area contributed by atoms with Gasteiger partial charge in [-0.15, -0.1) is 0 Å². The molecule has 8 nitrogen and oxygen atoms in total. The van der Waals surface area contributed by atoms with Crippen LogP contribution in [-0.2, 0) is 16.1 Å². The monoisotopic (exact) mass is 395 g/mol. The van der Waals surface area contributed by atoms with E-state index in [0.717, 1.165) is 17.7 Å². The smallest absolute Gasteiger partial charge is 0.322 e. The standard InChI is InChI=1S/C21H25N5O3/c1-4-13(2)19-20(28)25-17-8-6-5-7-15(17)12-26(19)21(29)24-16-9-10-18(22-11-16)23-14(3)27/h5-11,13,19H,4,12H2,1-3H3,(H,24,29)(H,25,28)(H,22,23,27). The lowest BCUT2D eigenvalue weighted by Gasteiger charge is -2.32. The molecule has 2 atom stereocenters. The van der Waals surface area contributed by atoms with Crippen LogP contribution in [-0.4, -0.2) is 33.8 Å². The number of pyridine rings is 1. The van der Waals surface area contributed by atoms with E-state index in [9.17, 15) is 14.4 Å². The van der Waals surface area contributed by atoms with Crippen molar-refractivity contribution < 1.29 is 14.4 Å². The Labute approximate surface area is 169 Å². The molecule has 1 aliphatic rings. The predicted octanol–water partition coefficient (Wildman–Crippen LogP) is 3.44. The first-order chi connectivity index (χ1) is 13.9. The van der Waals surface area contributed by atoms with Crippen LogP contribution in [0.3, 0.4) is 0 Å². The quantitative estimate of drug-likeness (QED) is 0.738. The van der Waals surface area contributed by atoms with Gasteiger partial charge in [-0.1, -0.05) is 38.5 Å². The highest BCUT2D eigenvalue weighted by atomic mass is 16.2. The summed E-state index contributed by atoms with van der Waals surface area (Å²) in [5.74, 6) is -0.0371. The number of anilines is 3. The molecule has 2 unspecified atom stereocenters. The van der Waals surface area contributed by atoms with Crippen molar-refractivity contribution in [3.63, 3.8) is 0 Å². The van der Waals surface area contributed by atoms with Crippen LogP contribution in [0, 0.1) is 5.92 Å². The number of nitrogens with zero attached hydrogens (tertiary/aromatic N) is 2. The summed E-state index contributed by atoms with van der Waals surface area (Å²) in [7, 11) is 0. The predicted molar refractivity (Wildman–Crippen MR) is 111 cm³/mol.